The van der Waals surface area contributed by atoms with Crippen LogP contribution in [0.4, 0.5) is 0 Å². The summed E-state index contributed by atoms with van der Waals surface area (Å²) in [5, 5.41) is 0. The van der Waals surface area contributed by atoms with Crippen LogP contribution in [0.5, 0.6) is 0 Å². The largest absolute Gasteiger partial charge is 0.296 e. The molecule has 1 heterocycles. The monoisotopic (exact) mass is 292 g/mol. The molecule has 0 saturated carbocycles. The van der Waals surface area contributed by atoms with E-state index in [9.17, 15) is 9.59 Å². The van der Waals surface area contributed by atoms with Gasteiger partial charge >= 0.3 is 0 Å². The van der Waals surface area contributed by atoms with Crippen LogP contribution in [0, 0.1) is 0 Å². The van der Waals surface area contributed by atoms with Gasteiger partial charge in [0.15, 0.2) is 12.6 Å². The van der Waals surface area contributed by atoms with E-state index in [4.69, 9.17) is 0 Å². The minimum atomic E-state index is 0.160. The van der Waals surface area contributed by atoms with Gasteiger partial charge in [0.1, 0.15) is 20.6 Å². The molecular weight excluding hydrogens is 292 g/mol. The highest BCUT2D eigenvalue weighted by Gasteiger charge is 2.08. The molecular formula is C6H2Br2N2O2. The normalized spacial score (nSPS) is 9.50. The van der Waals surface area contributed by atoms with Crippen molar-refractivity contribution in [1.29, 1.82) is 0 Å². The highest BCUT2D eigenvalue weighted by molar-refractivity contribution is 9.11. The van der Waals surface area contributed by atoms with Crippen LogP contribution < -0.4 is 0 Å². The summed E-state index contributed by atoms with van der Waals surface area (Å²) >= 11 is 6.00. The fraction of sp³-hybridized carbons (Fsp3) is 0. The van der Waals surface area contributed by atoms with Crippen molar-refractivity contribution < 1.29 is 9.59 Å². The number of carbonyl (C=O) groups excluding carboxylic acids is 2. The van der Waals surface area contributed by atoms with Gasteiger partial charge in [-0.05, 0) is 31.9 Å². The van der Waals surface area contributed by atoms with E-state index in [1.165, 1.54) is 0 Å². The first-order chi connectivity index (χ1) is 5.69. The molecule has 0 N–H and O–H groups in total. The Kier molecular flexibility index (Phi) is 3.05. The second kappa shape index (κ2) is 3.86. The second-order valence-corrected chi connectivity index (χ2v) is 3.31. The minimum Gasteiger partial charge on any atom is -0.296 e. The first-order valence-electron chi connectivity index (χ1n) is 2.82. The van der Waals surface area contributed by atoms with Crippen LogP contribution in [-0.4, -0.2) is 22.5 Å². The van der Waals surface area contributed by atoms with Crippen molar-refractivity contribution in [3.05, 3.63) is 20.6 Å². The van der Waals surface area contributed by atoms with Crippen LogP contribution >= 0.6 is 31.9 Å². The standard InChI is InChI=1S/C6H2Br2N2O2/c7-5-3(1-11)9-6(8)4(2-12)10-5/h1-2H. The van der Waals surface area contributed by atoms with Gasteiger partial charge in [0.05, 0.1) is 0 Å². The Labute approximate surface area is 84.7 Å². The molecule has 12 heavy (non-hydrogen) atoms. The Morgan fingerprint density at radius 2 is 1.25 bits per heavy atom. The summed E-state index contributed by atoms with van der Waals surface area (Å²) in [4.78, 5) is 28.2. The van der Waals surface area contributed by atoms with Gasteiger partial charge < -0.3 is 0 Å². The van der Waals surface area contributed by atoms with Crippen LogP contribution in [0.25, 0.3) is 0 Å². The second-order valence-electron chi connectivity index (χ2n) is 1.81. The van der Waals surface area contributed by atoms with E-state index in [-0.39, 0.29) is 20.6 Å². The average Bonchev–Trinajstić information content (AvgIpc) is 2.08. The summed E-state index contributed by atoms with van der Waals surface area (Å²) in [6.45, 7) is 0. The van der Waals surface area contributed by atoms with Gasteiger partial charge in [-0.25, -0.2) is 9.97 Å². The molecule has 0 aliphatic carbocycles. The Balaban J connectivity index is 3.34. The van der Waals surface area contributed by atoms with Gasteiger partial charge in [-0.2, -0.15) is 0 Å². The quantitative estimate of drug-likeness (QED) is 0.778. The fourth-order valence-electron chi connectivity index (χ4n) is 0.568. The molecule has 6 heteroatoms. The minimum absolute atomic E-state index is 0.160. The molecule has 0 atom stereocenters. The smallest absolute Gasteiger partial charge is 0.171 e. The molecule has 0 fully saturated rings. The number of halogens is 2. The first kappa shape index (κ1) is 9.47. The zero-order valence-electron chi connectivity index (χ0n) is 5.62. The predicted octanol–water partition coefficient (Wildman–Crippen LogP) is 1.63. The molecule has 0 aromatic carbocycles. The lowest BCUT2D eigenvalue weighted by Gasteiger charge is -1.97. The van der Waals surface area contributed by atoms with Crippen molar-refractivity contribution >= 4 is 44.4 Å². The van der Waals surface area contributed by atoms with Crippen molar-refractivity contribution in [3.8, 4) is 0 Å². The van der Waals surface area contributed by atoms with Crippen molar-refractivity contribution in [3.63, 3.8) is 0 Å². The van der Waals surface area contributed by atoms with E-state index in [0.29, 0.717) is 12.6 Å². The first-order valence-corrected chi connectivity index (χ1v) is 4.41. The zero-order chi connectivity index (χ0) is 9.14. The molecule has 0 spiro atoms. The molecule has 1 rings (SSSR count). The number of aromatic nitrogens is 2. The molecule has 0 radical (unpaired) electrons. The molecule has 0 aliphatic rings. The molecule has 0 amide bonds. The van der Waals surface area contributed by atoms with Gasteiger partial charge in [0, 0.05) is 0 Å². The Hall–Kier alpha value is -0.620. The maximum absolute atomic E-state index is 10.3. The average molecular weight is 294 g/mol. The van der Waals surface area contributed by atoms with E-state index >= 15 is 0 Å². The van der Waals surface area contributed by atoms with Crippen molar-refractivity contribution in [2.75, 3.05) is 0 Å². The maximum Gasteiger partial charge on any atom is 0.171 e. The molecule has 0 aliphatic heterocycles. The number of nitrogens with zero attached hydrogens (tertiary/aromatic N) is 2. The van der Waals surface area contributed by atoms with E-state index in [0.717, 1.165) is 0 Å². The number of aldehydes is 2. The summed E-state index contributed by atoms with van der Waals surface area (Å²) in [6, 6.07) is 0. The van der Waals surface area contributed by atoms with Crippen LogP contribution in [0.2, 0.25) is 0 Å². The van der Waals surface area contributed by atoms with Crippen LogP contribution in [0.3, 0.4) is 0 Å². The van der Waals surface area contributed by atoms with Crippen molar-refractivity contribution in [2.24, 2.45) is 0 Å². The molecule has 0 unspecified atom stereocenters. The molecule has 0 saturated heterocycles. The highest BCUT2D eigenvalue weighted by atomic mass is 79.9. The number of hydrogen-bond acceptors (Lipinski definition) is 4. The van der Waals surface area contributed by atoms with Gasteiger partial charge in [-0.15, -0.1) is 0 Å². The van der Waals surface area contributed by atoms with Gasteiger partial charge in [-0.3, -0.25) is 9.59 Å². The molecule has 62 valence electrons. The lowest BCUT2D eigenvalue weighted by molar-refractivity contribution is 0.110. The predicted molar refractivity (Wildman–Crippen MR) is 48.2 cm³/mol. The van der Waals surface area contributed by atoms with Gasteiger partial charge in [0.25, 0.3) is 0 Å². The van der Waals surface area contributed by atoms with Gasteiger partial charge in [0.2, 0.25) is 0 Å². The van der Waals surface area contributed by atoms with Crippen LogP contribution in [-0.2, 0) is 0 Å². The topological polar surface area (TPSA) is 59.9 Å². The fourth-order valence-corrected chi connectivity index (χ4v) is 1.31. The lowest BCUT2D eigenvalue weighted by atomic mass is 10.4. The SMILES string of the molecule is O=Cc1nc(Br)c(C=O)nc1Br. The Bertz CT molecular complexity index is 307. The summed E-state index contributed by atoms with van der Waals surface area (Å²) in [6.07, 6.45) is 1.10. The third-order valence-electron chi connectivity index (χ3n) is 1.08. The Morgan fingerprint density at radius 1 is 0.917 bits per heavy atom. The summed E-state index contributed by atoms with van der Waals surface area (Å²) in [5.74, 6) is 0. The summed E-state index contributed by atoms with van der Waals surface area (Å²) in [7, 11) is 0. The van der Waals surface area contributed by atoms with E-state index in [2.05, 4.69) is 41.8 Å². The molecule has 1 aromatic rings. The van der Waals surface area contributed by atoms with Crippen molar-refractivity contribution in [2.45, 2.75) is 0 Å². The van der Waals surface area contributed by atoms with Crippen LogP contribution in [0.15, 0.2) is 9.21 Å². The third-order valence-corrected chi connectivity index (χ3v) is 2.25. The molecule has 1 aromatic heterocycles. The number of carbonyl (C=O) groups is 2. The molecule has 4 nitrogen and oxygen atoms in total. The molecule has 0 bridgehead atoms. The summed E-state index contributed by atoms with van der Waals surface area (Å²) in [5.41, 5.74) is 0.319. The van der Waals surface area contributed by atoms with Crippen molar-refractivity contribution in [1.82, 2.24) is 9.97 Å². The third kappa shape index (κ3) is 1.75. The van der Waals surface area contributed by atoms with E-state index < -0.39 is 0 Å². The number of rotatable bonds is 2. The van der Waals surface area contributed by atoms with Crippen LogP contribution in [0.1, 0.15) is 21.0 Å². The maximum atomic E-state index is 10.3. The highest BCUT2D eigenvalue weighted by Crippen LogP contribution is 2.16. The zero-order valence-corrected chi connectivity index (χ0v) is 8.79. The Morgan fingerprint density at radius 3 is 1.50 bits per heavy atom. The van der Waals surface area contributed by atoms with E-state index in [1.54, 1.807) is 0 Å². The summed E-state index contributed by atoms with van der Waals surface area (Å²) < 4.78 is 0.533. The number of hydrogen-bond donors (Lipinski definition) is 0. The van der Waals surface area contributed by atoms with E-state index in [1.807, 2.05) is 0 Å². The lowest BCUT2D eigenvalue weighted by Crippen LogP contribution is -1.98. The van der Waals surface area contributed by atoms with Gasteiger partial charge in [-0.1, -0.05) is 0 Å².